The molecule has 0 saturated carbocycles. The number of nitrogens with one attached hydrogen (secondary N) is 1. The van der Waals surface area contributed by atoms with Crippen molar-refractivity contribution in [2.75, 3.05) is 6.61 Å². The fraction of sp³-hybridized carbons (Fsp3) is 0.545. The SMILES string of the molecule is CC(C)NCc1ccncc1OCC(F)F. The highest BCUT2D eigenvalue weighted by Crippen LogP contribution is 2.16. The summed E-state index contributed by atoms with van der Waals surface area (Å²) in [5, 5.41) is 3.19. The van der Waals surface area contributed by atoms with Crippen LogP contribution in [0, 0.1) is 0 Å². The van der Waals surface area contributed by atoms with Crippen molar-refractivity contribution in [3.05, 3.63) is 24.0 Å². The summed E-state index contributed by atoms with van der Waals surface area (Å²) in [6.45, 7) is 4.01. The van der Waals surface area contributed by atoms with Crippen LogP contribution in [-0.4, -0.2) is 24.1 Å². The lowest BCUT2D eigenvalue weighted by atomic mass is 10.2. The molecule has 0 aliphatic heterocycles. The summed E-state index contributed by atoms with van der Waals surface area (Å²) in [5.41, 5.74) is 0.837. The molecule has 1 heterocycles. The molecular formula is C11H16F2N2O. The summed E-state index contributed by atoms with van der Waals surface area (Å²) in [5.74, 6) is 0.413. The molecule has 0 radical (unpaired) electrons. The number of halogens is 2. The average molecular weight is 230 g/mol. The highest BCUT2D eigenvalue weighted by Gasteiger charge is 2.08. The minimum Gasteiger partial charge on any atom is -0.486 e. The Morgan fingerprint density at radius 2 is 2.19 bits per heavy atom. The Hall–Kier alpha value is -1.23. The van der Waals surface area contributed by atoms with E-state index in [-0.39, 0.29) is 0 Å². The predicted octanol–water partition coefficient (Wildman–Crippen LogP) is 2.22. The number of nitrogens with zero attached hydrogens (tertiary/aromatic N) is 1. The predicted molar refractivity (Wildman–Crippen MR) is 57.7 cm³/mol. The summed E-state index contributed by atoms with van der Waals surface area (Å²) >= 11 is 0. The molecule has 1 N–H and O–H groups in total. The van der Waals surface area contributed by atoms with Crippen molar-refractivity contribution < 1.29 is 13.5 Å². The van der Waals surface area contributed by atoms with Gasteiger partial charge in [0.25, 0.3) is 6.43 Å². The number of pyridine rings is 1. The van der Waals surface area contributed by atoms with Crippen molar-refractivity contribution in [2.45, 2.75) is 32.9 Å². The van der Waals surface area contributed by atoms with Crippen molar-refractivity contribution in [3.8, 4) is 5.75 Å². The van der Waals surface area contributed by atoms with Gasteiger partial charge in [0.1, 0.15) is 12.4 Å². The number of ether oxygens (including phenoxy) is 1. The van der Waals surface area contributed by atoms with Gasteiger partial charge in [-0.3, -0.25) is 4.98 Å². The normalized spacial score (nSPS) is 11.1. The van der Waals surface area contributed by atoms with Gasteiger partial charge in [-0.1, -0.05) is 13.8 Å². The van der Waals surface area contributed by atoms with Crippen LogP contribution in [0.25, 0.3) is 0 Å². The Labute approximate surface area is 93.8 Å². The van der Waals surface area contributed by atoms with Crippen LogP contribution in [0.4, 0.5) is 8.78 Å². The maximum Gasteiger partial charge on any atom is 0.272 e. The van der Waals surface area contributed by atoms with Gasteiger partial charge in [0.2, 0.25) is 0 Å². The van der Waals surface area contributed by atoms with Gasteiger partial charge in [-0.25, -0.2) is 8.78 Å². The zero-order chi connectivity index (χ0) is 12.0. The first-order valence-electron chi connectivity index (χ1n) is 5.17. The zero-order valence-electron chi connectivity index (χ0n) is 9.41. The second-order valence-corrected chi connectivity index (χ2v) is 3.72. The molecule has 5 heteroatoms. The van der Waals surface area contributed by atoms with Crippen LogP contribution in [0.15, 0.2) is 18.5 Å². The lowest BCUT2D eigenvalue weighted by molar-refractivity contribution is 0.0811. The van der Waals surface area contributed by atoms with Gasteiger partial charge in [-0.2, -0.15) is 0 Å². The molecule has 16 heavy (non-hydrogen) atoms. The van der Waals surface area contributed by atoms with Crippen LogP contribution in [0.1, 0.15) is 19.4 Å². The van der Waals surface area contributed by atoms with E-state index < -0.39 is 13.0 Å². The molecular weight excluding hydrogens is 214 g/mol. The summed E-state index contributed by atoms with van der Waals surface area (Å²) in [4.78, 5) is 3.85. The Morgan fingerprint density at radius 3 is 2.81 bits per heavy atom. The quantitative estimate of drug-likeness (QED) is 0.813. The van der Waals surface area contributed by atoms with E-state index in [2.05, 4.69) is 10.3 Å². The fourth-order valence-corrected chi connectivity index (χ4v) is 1.15. The van der Waals surface area contributed by atoms with Gasteiger partial charge in [-0.05, 0) is 6.07 Å². The molecule has 0 saturated heterocycles. The van der Waals surface area contributed by atoms with Crippen molar-refractivity contribution in [3.63, 3.8) is 0 Å². The Morgan fingerprint density at radius 1 is 1.44 bits per heavy atom. The lowest BCUT2D eigenvalue weighted by Crippen LogP contribution is -2.22. The number of hydrogen-bond donors (Lipinski definition) is 1. The summed E-state index contributed by atoms with van der Waals surface area (Å²) < 4.78 is 29.0. The van der Waals surface area contributed by atoms with Gasteiger partial charge >= 0.3 is 0 Å². The smallest absolute Gasteiger partial charge is 0.272 e. The van der Waals surface area contributed by atoms with E-state index in [9.17, 15) is 8.78 Å². The molecule has 1 rings (SSSR count). The monoisotopic (exact) mass is 230 g/mol. The van der Waals surface area contributed by atoms with E-state index in [4.69, 9.17) is 4.74 Å². The molecule has 0 aliphatic rings. The molecule has 0 amide bonds. The molecule has 90 valence electrons. The van der Waals surface area contributed by atoms with Crippen LogP contribution in [-0.2, 0) is 6.54 Å². The number of rotatable bonds is 6. The third-order valence-electron chi connectivity index (χ3n) is 1.94. The second kappa shape index (κ2) is 6.37. The first-order valence-corrected chi connectivity index (χ1v) is 5.17. The Bertz CT molecular complexity index is 288. The average Bonchev–Trinajstić information content (AvgIpc) is 2.24. The molecule has 1 aromatic heterocycles. The van der Waals surface area contributed by atoms with E-state index in [1.807, 2.05) is 13.8 Å². The lowest BCUT2D eigenvalue weighted by Gasteiger charge is -2.12. The van der Waals surface area contributed by atoms with Crippen LogP contribution in [0.2, 0.25) is 0 Å². The molecule has 0 unspecified atom stereocenters. The van der Waals surface area contributed by atoms with E-state index in [1.165, 1.54) is 6.20 Å². The number of aromatic nitrogens is 1. The highest BCUT2D eigenvalue weighted by molar-refractivity contribution is 5.29. The van der Waals surface area contributed by atoms with Crippen molar-refractivity contribution in [1.29, 1.82) is 0 Å². The summed E-state index contributed by atoms with van der Waals surface area (Å²) in [6, 6.07) is 2.09. The van der Waals surface area contributed by atoms with E-state index in [0.717, 1.165) is 5.56 Å². The van der Waals surface area contributed by atoms with Crippen molar-refractivity contribution >= 4 is 0 Å². The first-order chi connectivity index (χ1) is 7.59. The third kappa shape index (κ3) is 4.53. The van der Waals surface area contributed by atoms with Gasteiger partial charge in [0, 0.05) is 24.3 Å². The largest absolute Gasteiger partial charge is 0.486 e. The Kier molecular flexibility index (Phi) is 5.11. The highest BCUT2D eigenvalue weighted by atomic mass is 19.3. The van der Waals surface area contributed by atoms with E-state index in [0.29, 0.717) is 18.3 Å². The Balaban J connectivity index is 2.60. The van der Waals surface area contributed by atoms with E-state index in [1.54, 1.807) is 12.3 Å². The summed E-state index contributed by atoms with van der Waals surface area (Å²) in [6.07, 6.45) is 0.609. The standard InChI is InChI=1S/C11H16F2N2O/c1-8(2)15-5-9-3-4-14-6-10(9)16-7-11(12)13/h3-4,6,8,11,15H,5,7H2,1-2H3. The zero-order valence-corrected chi connectivity index (χ0v) is 9.41. The molecule has 0 fully saturated rings. The maximum absolute atomic E-state index is 12.0. The summed E-state index contributed by atoms with van der Waals surface area (Å²) in [7, 11) is 0. The van der Waals surface area contributed by atoms with Crippen LogP contribution >= 0.6 is 0 Å². The molecule has 0 aliphatic carbocycles. The van der Waals surface area contributed by atoms with Crippen LogP contribution in [0.3, 0.4) is 0 Å². The molecule has 0 aromatic carbocycles. The molecule has 1 aromatic rings. The molecule has 0 bridgehead atoms. The second-order valence-electron chi connectivity index (χ2n) is 3.72. The van der Waals surface area contributed by atoms with E-state index >= 15 is 0 Å². The first kappa shape index (κ1) is 12.8. The van der Waals surface area contributed by atoms with Crippen LogP contribution < -0.4 is 10.1 Å². The van der Waals surface area contributed by atoms with Gasteiger partial charge in [0.05, 0.1) is 6.20 Å². The minimum absolute atomic E-state index is 0.330. The molecule has 0 spiro atoms. The molecule has 0 atom stereocenters. The maximum atomic E-state index is 12.0. The van der Waals surface area contributed by atoms with Crippen molar-refractivity contribution in [1.82, 2.24) is 10.3 Å². The molecule has 3 nitrogen and oxygen atoms in total. The number of alkyl halides is 2. The van der Waals surface area contributed by atoms with Gasteiger partial charge in [0.15, 0.2) is 0 Å². The third-order valence-corrected chi connectivity index (χ3v) is 1.94. The van der Waals surface area contributed by atoms with Crippen LogP contribution in [0.5, 0.6) is 5.75 Å². The van der Waals surface area contributed by atoms with Gasteiger partial charge < -0.3 is 10.1 Å². The van der Waals surface area contributed by atoms with Crippen molar-refractivity contribution in [2.24, 2.45) is 0 Å². The fourth-order valence-electron chi connectivity index (χ4n) is 1.15. The number of hydrogen-bond acceptors (Lipinski definition) is 3. The minimum atomic E-state index is -2.47. The topological polar surface area (TPSA) is 34.2 Å². The van der Waals surface area contributed by atoms with Gasteiger partial charge in [-0.15, -0.1) is 0 Å².